The van der Waals surface area contributed by atoms with Gasteiger partial charge in [0, 0.05) is 69.0 Å². The largest absolute Gasteiger partial charge is 0.487 e. The zero-order valence-corrected chi connectivity index (χ0v) is 24.2. The van der Waals surface area contributed by atoms with Crippen LogP contribution in [0.3, 0.4) is 0 Å². The minimum Gasteiger partial charge on any atom is -0.487 e. The summed E-state index contributed by atoms with van der Waals surface area (Å²) in [6.07, 6.45) is 10.3. The molecule has 1 saturated heterocycles. The number of hydrogen-bond donors (Lipinski definition) is 1. The van der Waals surface area contributed by atoms with E-state index in [1.807, 2.05) is 52.8 Å². The fourth-order valence-corrected chi connectivity index (χ4v) is 5.39. The normalized spacial score (nSPS) is 16.3. The van der Waals surface area contributed by atoms with Gasteiger partial charge < -0.3 is 33.9 Å². The lowest BCUT2D eigenvalue weighted by molar-refractivity contribution is -0.129. The van der Waals surface area contributed by atoms with Crippen molar-refractivity contribution in [2.24, 2.45) is 0 Å². The Bertz CT molecular complexity index is 1890. The van der Waals surface area contributed by atoms with Crippen LogP contribution < -0.4 is 19.7 Å². The van der Waals surface area contributed by atoms with Crippen LogP contribution >= 0.6 is 0 Å². The van der Waals surface area contributed by atoms with Gasteiger partial charge in [0.1, 0.15) is 41.4 Å². The third kappa shape index (κ3) is 5.44. The molecule has 13 heteroatoms. The molecule has 1 fully saturated rings. The van der Waals surface area contributed by atoms with E-state index in [1.54, 1.807) is 36.5 Å². The first kappa shape index (κ1) is 27.5. The van der Waals surface area contributed by atoms with E-state index in [4.69, 9.17) is 14.5 Å². The number of hydrogen-bond acceptors (Lipinski definition) is 10. The van der Waals surface area contributed by atoms with Gasteiger partial charge in [-0.1, -0.05) is 6.08 Å². The summed E-state index contributed by atoms with van der Waals surface area (Å²) in [5.74, 6) is 1.94. The maximum Gasteiger partial charge on any atom is 0.246 e. The summed E-state index contributed by atoms with van der Waals surface area (Å²) in [5, 5.41) is 3.07. The van der Waals surface area contributed by atoms with E-state index in [1.165, 1.54) is 12.4 Å². The quantitative estimate of drug-likeness (QED) is 0.278. The fraction of sp³-hybridized carbons (Fsp3) is 0.258. The molecule has 5 aromatic rings. The number of carbonyl (C=O) groups is 1. The average Bonchev–Trinajstić information content (AvgIpc) is 3.44. The van der Waals surface area contributed by atoms with E-state index >= 15 is 4.39 Å². The van der Waals surface area contributed by atoms with Crippen molar-refractivity contribution in [2.45, 2.75) is 6.04 Å². The van der Waals surface area contributed by atoms with E-state index in [9.17, 15) is 4.79 Å². The molecule has 4 aromatic heterocycles. The molecule has 44 heavy (non-hydrogen) atoms. The molecule has 12 nitrogen and oxygen atoms in total. The first-order valence-corrected chi connectivity index (χ1v) is 14.2. The molecule has 1 amide bonds. The molecular formula is C31H30FN9O3. The lowest BCUT2D eigenvalue weighted by Crippen LogP contribution is -2.56. The van der Waals surface area contributed by atoms with Crippen LogP contribution in [0.15, 0.2) is 73.5 Å². The molecule has 1 N–H and O–H groups in total. The van der Waals surface area contributed by atoms with Crippen LogP contribution in [-0.4, -0.2) is 93.0 Å². The number of rotatable bonds is 7. The number of halogens is 1. The smallest absolute Gasteiger partial charge is 0.246 e. The number of nitrogens with one attached hydrogen (secondary N) is 1. The number of piperazine rings is 1. The Labute approximate surface area is 252 Å². The van der Waals surface area contributed by atoms with E-state index in [2.05, 4.69) is 25.2 Å². The number of amides is 1. The summed E-state index contributed by atoms with van der Waals surface area (Å²) in [4.78, 5) is 36.8. The van der Waals surface area contributed by atoms with Crippen molar-refractivity contribution >= 4 is 39.9 Å². The predicted molar refractivity (Wildman–Crippen MR) is 163 cm³/mol. The van der Waals surface area contributed by atoms with Gasteiger partial charge in [-0.25, -0.2) is 24.3 Å². The van der Waals surface area contributed by atoms with Crippen LogP contribution in [0, 0.1) is 5.82 Å². The Morgan fingerprint density at radius 1 is 1.14 bits per heavy atom. The predicted octanol–water partition coefficient (Wildman–Crippen LogP) is 3.87. The average molecular weight is 596 g/mol. The summed E-state index contributed by atoms with van der Waals surface area (Å²) in [5.41, 5.74) is 1.97. The Balaban J connectivity index is 1.10. The number of aromatic nitrogens is 5. The van der Waals surface area contributed by atoms with E-state index in [0.717, 1.165) is 5.65 Å². The van der Waals surface area contributed by atoms with Gasteiger partial charge in [-0.3, -0.25) is 4.79 Å². The molecule has 1 aromatic carbocycles. The Morgan fingerprint density at radius 3 is 2.89 bits per heavy atom. The Kier molecular flexibility index (Phi) is 7.14. The van der Waals surface area contributed by atoms with Crippen molar-refractivity contribution in [3.8, 4) is 17.2 Å². The molecular weight excluding hydrogens is 565 g/mol. The highest BCUT2D eigenvalue weighted by Crippen LogP contribution is 2.36. The number of carbonyl (C=O) groups excluding carboxylic acids is 1. The topological polar surface area (TPSA) is 113 Å². The molecule has 0 spiro atoms. The van der Waals surface area contributed by atoms with Gasteiger partial charge in [-0.05, 0) is 32.3 Å². The number of benzene rings is 1. The highest BCUT2D eigenvalue weighted by Gasteiger charge is 2.35. The molecule has 2 bridgehead atoms. The van der Waals surface area contributed by atoms with Crippen molar-refractivity contribution in [1.29, 1.82) is 0 Å². The Morgan fingerprint density at radius 2 is 2.02 bits per heavy atom. The fourth-order valence-electron chi connectivity index (χ4n) is 5.39. The molecule has 2 aliphatic rings. The van der Waals surface area contributed by atoms with Gasteiger partial charge in [0.15, 0.2) is 17.4 Å². The molecule has 1 atom stereocenters. The van der Waals surface area contributed by atoms with Gasteiger partial charge in [0.25, 0.3) is 0 Å². The summed E-state index contributed by atoms with van der Waals surface area (Å²) in [6, 6.07) is 9.83. The van der Waals surface area contributed by atoms with Crippen molar-refractivity contribution in [3.63, 3.8) is 0 Å². The van der Waals surface area contributed by atoms with Crippen molar-refractivity contribution < 1.29 is 18.7 Å². The second-order valence-electron chi connectivity index (χ2n) is 10.9. The van der Waals surface area contributed by atoms with Crippen molar-refractivity contribution in [2.75, 3.05) is 57.1 Å². The van der Waals surface area contributed by atoms with E-state index in [0.29, 0.717) is 72.7 Å². The number of anilines is 3. The number of likely N-dealkylation sites (N-methyl/N-ethyl adjacent to an activating group) is 1. The summed E-state index contributed by atoms with van der Waals surface area (Å²) in [6.45, 7) is 2.76. The van der Waals surface area contributed by atoms with E-state index in [-0.39, 0.29) is 17.6 Å². The van der Waals surface area contributed by atoms with Gasteiger partial charge in [-0.2, -0.15) is 0 Å². The number of ether oxygens (including phenoxy) is 2. The van der Waals surface area contributed by atoms with Crippen LogP contribution in [0.5, 0.6) is 17.2 Å². The lowest BCUT2D eigenvalue weighted by atomic mass is 10.1. The minimum atomic E-state index is -0.516. The van der Waals surface area contributed by atoms with Crippen molar-refractivity contribution in [3.05, 3.63) is 79.3 Å². The van der Waals surface area contributed by atoms with Crippen molar-refractivity contribution in [1.82, 2.24) is 34.1 Å². The van der Waals surface area contributed by atoms with Gasteiger partial charge in [-0.15, -0.1) is 0 Å². The highest BCUT2D eigenvalue weighted by molar-refractivity contribution is 5.90. The molecule has 0 radical (unpaired) electrons. The second kappa shape index (κ2) is 11.4. The van der Waals surface area contributed by atoms with Gasteiger partial charge >= 0.3 is 0 Å². The molecule has 224 valence electrons. The zero-order chi connectivity index (χ0) is 30.2. The SMILES string of the molecule is CN(C)C/C=C/C(=O)N1CCN2C[C@H]1COc1cc3ncnc(Nc4ccc(Oc5ccn6ccnc6c5)cc4F)c3nc12. The number of fused-ring (bicyclic) bond motifs is 6. The molecule has 0 saturated carbocycles. The van der Waals surface area contributed by atoms with Crippen LogP contribution in [-0.2, 0) is 4.79 Å². The first-order chi connectivity index (χ1) is 21.4. The highest BCUT2D eigenvalue weighted by atomic mass is 19.1. The number of imidazole rings is 1. The summed E-state index contributed by atoms with van der Waals surface area (Å²) < 4.78 is 29.2. The van der Waals surface area contributed by atoms with Crippen LogP contribution in [0.1, 0.15) is 0 Å². The lowest BCUT2D eigenvalue weighted by Gasteiger charge is -2.39. The van der Waals surface area contributed by atoms with Crippen LogP contribution in [0.25, 0.3) is 16.7 Å². The summed E-state index contributed by atoms with van der Waals surface area (Å²) >= 11 is 0. The number of nitrogens with zero attached hydrogens (tertiary/aromatic N) is 8. The first-order valence-electron chi connectivity index (χ1n) is 14.2. The molecule has 7 rings (SSSR count). The summed E-state index contributed by atoms with van der Waals surface area (Å²) in [7, 11) is 3.92. The zero-order valence-electron chi connectivity index (χ0n) is 24.2. The monoisotopic (exact) mass is 595 g/mol. The standard InChI is InChI=1S/C31H30FN9O3/c1-38(2)9-3-4-28(42)41-13-12-40-17-20(41)18-43-26-16-25-29(37-31(26)40)30(35-19-34-25)36-24-6-5-21(14-23(24)32)44-22-7-10-39-11-8-33-27(39)15-22/h3-8,10-11,14-16,19-20H,9,12-13,17-18H2,1-2H3,(H,34,35,36)/b4-3+/t20-/m0/s1. The maximum atomic E-state index is 15.3. The molecule has 6 heterocycles. The Hall–Kier alpha value is -5.30. The van der Waals surface area contributed by atoms with E-state index < -0.39 is 5.82 Å². The van der Waals surface area contributed by atoms with Gasteiger partial charge in [0.05, 0.1) is 17.2 Å². The minimum absolute atomic E-state index is 0.0286. The maximum absolute atomic E-state index is 15.3. The third-order valence-electron chi connectivity index (χ3n) is 7.58. The van der Waals surface area contributed by atoms with Crippen LogP contribution in [0.2, 0.25) is 0 Å². The second-order valence-corrected chi connectivity index (χ2v) is 10.9. The third-order valence-corrected chi connectivity index (χ3v) is 7.58. The van der Waals surface area contributed by atoms with Gasteiger partial charge in [0.2, 0.25) is 5.91 Å². The van der Waals surface area contributed by atoms with Crippen LogP contribution in [0.4, 0.5) is 21.7 Å². The molecule has 0 unspecified atom stereocenters. The number of pyridine rings is 2. The molecule has 2 aliphatic heterocycles. The molecule has 0 aliphatic carbocycles.